The molecule has 0 spiro atoms. The molecule has 31 heavy (non-hydrogen) atoms. The van der Waals surface area contributed by atoms with Crippen molar-refractivity contribution < 1.29 is 9.13 Å². The van der Waals surface area contributed by atoms with Crippen LogP contribution in [-0.2, 0) is 4.74 Å². The number of rotatable bonds is 10. The minimum atomic E-state index is -0.376. The Morgan fingerprint density at radius 2 is 1.94 bits per heavy atom. The van der Waals surface area contributed by atoms with Crippen LogP contribution >= 0.6 is 0 Å². The van der Waals surface area contributed by atoms with Crippen molar-refractivity contribution in [2.45, 2.75) is 56.1 Å². The molecule has 8 heteroatoms. The zero-order chi connectivity index (χ0) is 21.7. The number of hydrogen-bond donors (Lipinski definition) is 4. The molecule has 168 valence electrons. The lowest BCUT2D eigenvalue weighted by Gasteiger charge is -2.30. The standard InChI is InChI=1S/C23H33FN6O/c1-31-12-11-26-16-5-7-17(8-6-16)29-22-13-18(19(24)14-27-22)20-3-2-4-21(30-20)28-15-23(25)9-10-23/h2-4,13-14,16-17,26H,5-12,15,25H2,1H3,(H,27,29)(H,28,30). The number of anilines is 2. The first-order valence-corrected chi connectivity index (χ1v) is 11.2. The molecule has 0 atom stereocenters. The summed E-state index contributed by atoms with van der Waals surface area (Å²) >= 11 is 0. The molecule has 0 unspecified atom stereocenters. The van der Waals surface area contributed by atoms with Crippen molar-refractivity contribution in [2.75, 3.05) is 37.4 Å². The lowest BCUT2D eigenvalue weighted by molar-refractivity contribution is 0.191. The second-order valence-corrected chi connectivity index (χ2v) is 8.81. The molecule has 0 aromatic carbocycles. The molecule has 7 nitrogen and oxygen atoms in total. The van der Waals surface area contributed by atoms with E-state index in [2.05, 4.69) is 25.9 Å². The number of nitrogens with one attached hydrogen (secondary N) is 3. The number of hydrogen-bond acceptors (Lipinski definition) is 7. The highest BCUT2D eigenvalue weighted by atomic mass is 19.1. The van der Waals surface area contributed by atoms with Crippen LogP contribution in [0, 0.1) is 5.82 Å². The van der Waals surface area contributed by atoms with Gasteiger partial charge in [0.15, 0.2) is 5.82 Å². The van der Waals surface area contributed by atoms with Gasteiger partial charge in [-0.25, -0.2) is 14.4 Å². The van der Waals surface area contributed by atoms with Crippen LogP contribution in [0.1, 0.15) is 38.5 Å². The number of aromatic nitrogens is 2. The lowest BCUT2D eigenvalue weighted by Crippen LogP contribution is -2.38. The zero-order valence-electron chi connectivity index (χ0n) is 18.2. The van der Waals surface area contributed by atoms with Gasteiger partial charge in [-0.1, -0.05) is 6.07 Å². The first-order valence-electron chi connectivity index (χ1n) is 11.2. The third kappa shape index (κ3) is 6.12. The van der Waals surface area contributed by atoms with Crippen LogP contribution in [0.3, 0.4) is 0 Å². The molecular formula is C23H33FN6O. The summed E-state index contributed by atoms with van der Waals surface area (Å²) in [6.07, 6.45) is 7.64. The van der Waals surface area contributed by atoms with Gasteiger partial charge < -0.3 is 26.4 Å². The van der Waals surface area contributed by atoms with Crippen molar-refractivity contribution in [1.29, 1.82) is 0 Å². The molecule has 0 amide bonds. The molecule has 0 aliphatic heterocycles. The molecule has 2 aromatic rings. The van der Waals surface area contributed by atoms with E-state index < -0.39 is 0 Å². The largest absolute Gasteiger partial charge is 0.383 e. The summed E-state index contributed by atoms with van der Waals surface area (Å²) in [5.74, 6) is 1.02. The highest BCUT2D eigenvalue weighted by molar-refractivity contribution is 5.65. The monoisotopic (exact) mass is 428 g/mol. The Labute approximate surface area is 183 Å². The van der Waals surface area contributed by atoms with Crippen LogP contribution in [0.5, 0.6) is 0 Å². The summed E-state index contributed by atoms with van der Waals surface area (Å²) < 4.78 is 19.7. The third-order valence-corrected chi connectivity index (χ3v) is 6.21. The van der Waals surface area contributed by atoms with Crippen LogP contribution in [0.15, 0.2) is 30.5 Å². The van der Waals surface area contributed by atoms with Crippen LogP contribution < -0.4 is 21.7 Å². The molecule has 5 N–H and O–H groups in total. The number of methoxy groups -OCH3 is 1. The van der Waals surface area contributed by atoms with Crippen LogP contribution in [0.2, 0.25) is 0 Å². The molecule has 2 aliphatic carbocycles. The number of nitrogens with two attached hydrogens (primary N) is 1. The van der Waals surface area contributed by atoms with Crippen molar-refractivity contribution in [3.63, 3.8) is 0 Å². The first kappa shape index (κ1) is 21.9. The number of ether oxygens (including phenoxy) is 1. The van der Waals surface area contributed by atoms with E-state index in [0.29, 0.717) is 41.5 Å². The van der Waals surface area contributed by atoms with Gasteiger partial charge in [0.05, 0.1) is 18.5 Å². The molecule has 2 aliphatic rings. The van der Waals surface area contributed by atoms with Crippen LogP contribution in [0.25, 0.3) is 11.3 Å². The molecule has 4 rings (SSSR count). The highest BCUT2D eigenvalue weighted by Gasteiger charge is 2.37. The zero-order valence-corrected chi connectivity index (χ0v) is 18.2. The SMILES string of the molecule is COCCNC1CCC(Nc2cc(-c3cccc(NCC4(N)CC4)n3)c(F)cn2)CC1. The number of halogens is 1. The molecule has 2 heterocycles. The molecule has 0 radical (unpaired) electrons. The van der Waals surface area contributed by atoms with E-state index in [0.717, 1.165) is 51.7 Å². The van der Waals surface area contributed by atoms with E-state index in [-0.39, 0.29) is 11.4 Å². The maximum Gasteiger partial charge on any atom is 0.151 e. The summed E-state index contributed by atoms with van der Waals surface area (Å²) in [6, 6.07) is 8.22. The minimum absolute atomic E-state index is 0.116. The fourth-order valence-electron chi connectivity index (χ4n) is 4.02. The Bertz CT molecular complexity index is 867. The van der Waals surface area contributed by atoms with Gasteiger partial charge in [-0.05, 0) is 56.7 Å². The van der Waals surface area contributed by atoms with Gasteiger partial charge in [0.2, 0.25) is 0 Å². The maximum atomic E-state index is 14.6. The smallest absolute Gasteiger partial charge is 0.151 e. The molecule has 0 bridgehead atoms. The average Bonchev–Trinajstić information content (AvgIpc) is 3.53. The Morgan fingerprint density at radius 3 is 2.68 bits per heavy atom. The maximum absolute atomic E-state index is 14.6. The van der Waals surface area contributed by atoms with Crippen LogP contribution in [-0.4, -0.2) is 54.4 Å². The number of nitrogens with zero attached hydrogens (tertiary/aromatic N) is 2. The number of pyridine rings is 2. The van der Waals surface area contributed by atoms with Gasteiger partial charge in [-0.15, -0.1) is 0 Å². The summed E-state index contributed by atoms with van der Waals surface area (Å²) in [6.45, 7) is 2.30. The highest BCUT2D eigenvalue weighted by Crippen LogP contribution is 2.32. The fourth-order valence-corrected chi connectivity index (χ4v) is 4.02. The van der Waals surface area contributed by atoms with Gasteiger partial charge in [0, 0.05) is 43.4 Å². The van der Waals surface area contributed by atoms with E-state index >= 15 is 0 Å². The van der Waals surface area contributed by atoms with E-state index in [1.54, 1.807) is 13.2 Å². The van der Waals surface area contributed by atoms with Crippen molar-refractivity contribution in [2.24, 2.45) is 5.73 Å². The Morgan fingerprint density at radius 1 is 1.16 bits per heavy atom. The van der Waals surface area contributed by atoms with Gasteiger partial charge in [0.1, 0.15) is 11.6 Å². The molecular weight excluding hydrogens is 395 g/mol. The molecule has 2 saturated carbocycles. The Balaban J connectivity index is 1.36. The van der Waals surface area contributed by atoms with Crippen molar-refractivity contribution in [3.8, 4) is 11.3 Å². The summed E-state index contributed by atoms with van der Waals surface area (Å²) in [5, 5.41) is 10.3. The van der Waals surface area contributed by atoms with E-state index in [4.69, 9.17) is 10.5 Å². The summed E-state index contributed by atoms with van der Waals surface area (Å²) in [4.78, 5) is 8.85. The average molecular weight is 429 g/mol. The molecule has 0 saturated heterocycles. The van der Waals surface area contributed by atoms with E-state index in [9.17, 15) is 4.39 Å². The van der Waals surface area contributed by atoms with E-state index in [1.807, 2.05) is 18.2 Å². The van der Waals surface area contributed by atoms with Crippen molar-refractivity contribution in [1.82, 2.24) is 15.3 Å². The van der Waals surface area contributed by atoms with E-state index in [1.165, 1.54) is 6.20 Å². The minimum Gasteiger partial charge on any atom is -0.383 e. The fraction of sp³-hybridized carbons (Fsp3) is 0.565. The lowest BCUT2D eigenvalue weighted by atomic mass is 9.91. The molecule has 2 fully saturated rings. The summed E-state index contributed by atoms with van der Waals surface area (Å²) in [5.41, 5.74) is 7.06. The topological polar surface area (TPSA) is 97.1 Å². The van der Waals surface area contributed by atoms with Gasteiger partial charge in [0.25, 0.3) is 0 Å². The third-order valence-electron chi connectivity index (χ3n) is 6.21. The van der Waals surface area contributed by atoms with Gasteiger partial charge in [-0.3, -0.25) is 0 Å². The quantitative estimate of drug-likeness (QED) is 0.432. The van der Waals surface area contributed by atoms with Crippen molar-refractivity contribution in [3.05, 3.63) is 36.3 Å². The second kappa shape index (κ2) is 9.89. The first-order chi connectivity index (χ1) is 15.0. The predicted molar refractivity (Wildman–Crippen MR) is 122 cm³/mol. The van der Waals surface area contributed by atoms with Crippen molar-refractivity contribution >= 4 is 11.6 Å². The summed E-state index contributed by atoms with van der Waals surface area (Å²) in [7, 11) is 1.72. The second-order valence-electron chi connectivity index (χ2n) is 8.81. The van der Waals surface area contributed by atoms with Gasteiger partial charge >= 0.3 is 0 Å². The normalized spacial score (nSPS) is 22.2. The van der Waals surface area contributed by atoms with Gasteiger partial charge in [-0.2, -0.15) is 0 Å². The Hall–Kier alpha value is -2.29. The van der Waals surface area contributed by atoms with Crippen LogP contribution in [0.4, 0.5) is 16.0 Å². The molecule has 2 aromatic heterocycles. The Kier molecular flexibility index (Phi) is 6.99. The predicted octanol–water partition coefficient (Wildman–Crippen LogP) is 3.15.